The molecule has 0 amide bonds. The fourth-order valence-electron chi connectivity index (χ4n) is 2.77. The maximum Gasteiger partial charge on any atom is 0.270 e. The van der Waals surface area contributed by atoms with E-state index in [9.17, 15) is 10.1 Å². The first-order valence-corrected chi connectivity index (χ1v) is 8.30. The molecule has 0 saturated carbocycles. The molecule has 9 nitrogen and oxygen atoms in total. The Bertz CT molecular complexity index is 1060. The van der Waals surface area contributed by atoms with Crippen molar-refractivity contribution in [3.05, 3.63) is 76.6 Å². The van der Waals surface area contributed by atoms with Crippen LogP contribution in [-0.4, -0.2) is 35.3 Å². The maximum atomic E-state index is 11.3. The lowest BCUT2D eigenvalue weighted by Crippen LogP contribution is -1.95. The molecule has 0 aliphatic heterocycles. The summed E-state index contributed by atoms with van der Waals surface area (Å²) in [5.41, 5.74) is 2.22. The molecule has 4 aromatic rings. The van der Waals surface area contributed by atoms with E-state index in [1.165, 1.54) is 12.4 Å². The molecule has 0 bridgehead atoms. The summed E-state index contributed by atoms with van der Waals surface area (Å²) in [7, 11) is 0. The van der Waals surface area contributed by atoms with E-state index in [1.807, 2.05) is 36.4 Å². The molecule has 0 aliphatic carbocycles. The van der Waals surface area contributed by atoms with Crippen LogP contribution in [0.15, 0.2) is 54.9 Å². The zero-order chi connectivity index (χ0) is 18.6. The van der Waals surface area contributed by atoms with Crippen LogP contribution in [0.5, 0.6) is 0 Å². The Labute approximate surface area is 153 Å². The second-order valence-corrected chi connectivity index (χ2v) is 5.93. The van der Waals surface area contributed by atoms with Gasteiger partial charge in [0.1, 0.15) is 18.0 Å². The van der Waals surface area contributed by atoms with Gasteiger partial charge in [0.25, 0.3) is 5.69 Å². The molecular weight excluding hydrogens is 346 g/mol. The normalized spacial score (nSPS) is 10.8. The Balaban J connectivity index is 1.64. The molecule has 9 heteroatoms. The molecule has 2 aromatic carbocycles. The number of aryl methyl sites for hydroxylation is 2. The number of nitro benzene ring substituents is 1. The minimum Gasteiger partial charge on any atom is -0.263 e. The topological polar surface area (TPSA) is 126 Å². The van der Waals surface area contributed by atoms with Gasteiger partial charge in [-0.1, -0.05) is 30.3 Å². The Morgan fingerprint density at radius 2 is 1.70 bits per heavy atom. The zero-order valence-electron chi connectivity index (χ0n) is 14.2. The first-order chi connectivity index (χ1) is 13.2. The number of aromatic amines is 2. The number of aromatic nitrogens is 6. The van der Waals surface area contributed by atoms with Crippen molar-refractivity contribution in [1.29, 1.82) is 0 Å². The number of hydrogen-bond acceptors (Lipinski definition) is 6. The van der Waals surface area contributed by atoms with Crippen molar-refractivity contribution in [1.82, 2.24) is 30.4 Å². The van der Waals surface area contributed by atoms with Crippen molar-refractivity contribution in [3.8, 4) is 22.5 Å². The molecular formula is C18H15N7O2. The number of non-ortho nitro benzene ring substituents is 1. The average Bonchev–Trinajstić information content (AvgIpc) is 3.38. The third kappa shape index (κ3) is 3.71. The summed E-state index contributed by atoms with van der Waals surface area (Å²) in [6.45, 7) is 0. The highest BCUT2D eigenvalue weighted by atomic mass is 16.6. The van der Waals surface area contributed by atoms with Crippen molar-refractivity contribution < 1.29 is 4.92 Å². The smallest absolute Gasteiger partial charge is 0.263 e. The zero-order valence-corrected chi connectivity index (χ0v) is 14.2. The summed E-state index contributed by atoms with van der Waals surface area (Å²) in [6, 6.07) is 14.4. The van der Waals surface area contributed by atoms with Crippen LogP contribution in [0.1, 0.15) is 11.6 Å². The van der Waals surface area contributed by atoms with Gasteiger partial charge in [-0.25, -0.2) is 9.97 Å². The fraction of sp³-hybridized carbons (Fsp3) is 0.111. The number of rotatable bonds is 6. The number of hydrogen-bond donors (Lipinski definition) is 2. The predicted octanol–water partition coefficient (Wildman–Crippen LogP) is 2.95. The van der Waals surface area contributed by atoms with Gasteiger partial charge >= 0.3 is 0 Å². The first-order valence-electron chi connectivity index (χ1n) is 8.30. The Hall–Kier alpha value is -3.88. The van der Waals surface area contributed by atoms with Crippen molar-refractivity contribution >= 4 is 5.69 Å². The summed E-state index contributed by atoms with van der Waals surface area (Å²) in [6.07, 6.45) is 2.69. The molecule has 0 saturated heterocycles. The quantitative estimate of drug-likeness (QED) is 0.401. The Morgan fingerprint density at radius 3 is 2.44 bits per heavy atom. The van der Waals surface area contributed by atoms with Gasteiger partial charge in [-0.2, -0.15) is 10.2 Å². The third-order valence-electron chi connectivity index (χ3n) is 4.09. The van der Waals surface area contributed by atoms with Gasteiger partial charge in [-0.05, 0) is 17.2 Å². The summed E-state index contributed by atoms with van der Waals surface area (Å²) < 4.78 is 0. The molecule has 2 heterocycles. The van der Waals surface area contributed by atoms with Crippen molar-refractivity contribution in [2.45, 2.75) is 12.8 Å². The number of nitrogens with one attached hydrogen (secondary N) is 2. The molecule has 27 heavy (non-hydrogen) atoms. The minimum absolute atomic E-state index is 0.000590. The molecule has 2 N–H and O–H groups in total. The molecule has 0 unspecified atom stereocenters. The monoisotopic (exact) mass is 361 g/mol. The summed E-state index contributed by atoms with van der Waals surface area (Å²) in [5.74, 6) is 1.85. The lowest BCUT2D eigenvalue weighted by Gasteiger charge is -2.04. The lowest BCUT2D eigenvalue weighted by molar-refractivity contribution is -0.384. The van der Waals surface area contributed by atoms with Gasteiger partial charge in [0.15, 0.2) is 5.82 Å². The van der Waals surface area contributed by atoms with E-state index in [0.29, 0.717) is 30.1 Å². The van der Waals surface area contributed by atoms with Crippen molar-refractivity contribution in [2.75, 3.05) is 0 Å². The highest BCUT2D eigenvalue weighted by molar-refractivity contribution is 5.73. The third-order valence-corrected chi connectivity index (χ3v) is 4.09. The van der Waals surface area contributed by atoms with E-state index < -0.39 is 4.92 Å². The SMILES string of the molecule is O=[N+]([O-])c1cc(-c2ccccc2)cc(-c2n[nH]c(CCc3ncn[nH]3)n2)c1. The van der Waals surface area contributed by atoms with E-state index in [2.05, 4.69) is 30.4 Å². The van der Waals surface area contributed by atoms with Crippen LogP contribution in [0.25, 0.3) is 22.5 Å². The van der Waals surface area contributed by atoms with Gasteiger partial charge in [0, 0.05) is 30.5 Å². The van der Waals surface area contributed by atoms with Gasteiger partial charge in [-0.3, -0.25) is 20.3 Å². The second kappa shape index (κ2) is 7.16. The van der Waals surface area contributed by atoms with Gasteiger partial charge in [0.05, 0.1) is 4.92 Å². The number of nitro groups is 1. The standard InChI is InChI=1S/C18H15N7O2/c26-25(27)15-9-13(12-4-2-1-3-5-12)8-14(10-15)18-21-17(23-24-18)7-6-16-19-11-20-22-16/h1-5,8-11H,6-7H2,(H,19,20,22)(H,21,23,24). The van der Waals surface area contributed by atoms with E-state index in [4.69, 9.17) is 0 Å². The van der Waals surface area contributed by atoms with Crippen LogP contribution >= 0.6 is 0 Å². The van der Waals surface area contributed by atoms with E-state index in [1.54, 1.807) is 6.07 Å². The van der Waals surface area contributed by atoms with Crippen LogP contribution in [0.2, 0.25) is 0 Å². The second-order valence-electron chi connectivity index (χ2n) is 5.93. The molecule has 4 rings (SSSR count). The molecule has 2 aromatic heterocycles. The first kappa shape index (κ1) is 16.6. The summed E-state index contributed by atoms with van der Waals surface area (Å²) in [5, 5.41) is 25.0. The number of nitrogens with zero attached hydrogens (tertiary/aromatic N) is 5. The highest BCUT2D eigenvalue weighted by Crippen LogP contribution is 2.30. The van der Waals surface area contributed by atoms with Gasteiger partial charge in [-0.15, -0.1) is 0 Å². The maximum absolute atomic E-state index is 11.3. The number of H-pyrrole nitrogens is 2. The highest BCUT2D eigenvalue weighted by Gasteiger charge is 2.15. The summed E-state index contributed by atoms with van der Waals surface area (Å²) >= 11 is 0. The van der Waals surface area contributed by atoms with E-state index >= 15 is 0 Å². The Kier molecular flexibility index (Phi) is 4.40. The van der Waals surface area contributed by atoms with Crippen molar-refractivity contribution in [3.63, 3.8) is 0 Å². The van der Waals surface area contributed by atoms with Crippen LogP contribution in [-0.2, 0) is 12.8 Å². The van der Waals surface area contributed by atoms with Crippen LogP contribution in [0, 0.1) is 10.1 Å². The molecule has 134 valence electrons. The van der Waals surface area contributed by atoms with E-state index in [0.717, 1.165) is 17.0 Å². The molecule has 0 spiro atoms. The van der Waals surface area contributed by atoms with Crippen LogP contribution in [0.3, 0.4) is 0 Å². The minimum atomic E-state index is -0.409. The average molecular weight is 361 g/mol. The summed E-state index contributed by atoms with van der Waals surface area (Å²) in [4.78, 5) is 19.5. The van der Waals surface area contributed by atoms with Gasteiger partial charge in [0.2, 0.25) is 0 Å². The van der Waals surface area contributed by atoms with Crippen molar-refractivity contribution in [2.24, 2.45) is 0 Å². The molecule has 0 atom stereocenters. The fourth-order valence-corrected chi connectivity index (χ4v) is 2.77. The van der Waals surface area contributed by atoms with Gasteiger partial charge < -0.3 is 0 Å². The molecule has 0 fully saturated rings. The number of benzene rings is 2. The Morgan fingerprint density at radius 1 is 0.926 bits per heavy atom. The predicted molar refractivity (Wildman–Crippen MR) is 97.7 cm³/mol. The van der Waals surface area contributed by atoms with Crippen LogP contribution in [0.4, 0.5) is 5.69 Å². The van der Waals surface area contributed by atoms with Crippen LogP contribution < -0.4 is 0 Å². The largest absolute Gasteiger partial charge is 0.270 e. The van der Waals surface area contributed by atoms with E-state index in [-0.39, 0.29) is 5.69 Å². The molecule has 0 aliphatic rings. The molecule has 0 radical (unpaired) electrons. The lowest BCUT2D eigenvalue weighted by atomic mass is 10.0.